The van der Waals surface area contributed by atoms with Gasteiger partial charge in [-0.2, -0.15) is 0 Å². The van der Waals surface area contributed by atoms with Gasteiger partial charge < -0.3 is 14.3 Å². The van der Waals surface area contributed by atoms with E-state index in [1.54, 1.807) is 0 Å². The fourth-order valence-electron chi connectivity index (χ4n) is 4.91. The van der Waals surface area contributed by atoms with Gasteiger partial charge in [-0.15, -0.1) is 0 Å². The molecule has 4 heterocycles. The van der Waals surface area contributed by atoms with Crippen LogP contribution in [0.15, 0.2) is 40.9 Å². The molecule has 3 aromatic rings. The summed E-state index contributed by atoms with van der Waals surface area (Å²) in [5.74, 6) is 0.166. The Morgan fingerprint density at radius 2 is 1.62 bits per heavy atom. The molecule has 2 saturated heterocycles. The van der Waals surface area contributed by atoms with Crippen molar-refractivity contribution in [1.82, 2.24) is 24.8 Å². The number of aromatic nitrogens is 2. The van der Waals surface area contributed by atoms with E-state index in [0.29, 0.717) is 60.8 Å². The molecule has 0 radical (unpaired) electrons. The number of hydrogen-bond acceptors (Lipinski definition) is 6. The fraction of sp³-hybridized carbons (Fsp3) is 0.462. The van der Waals surface area contributed by atoms with Gasteiger partial charge in [-0.25, -0.2) is 4.98 Å². The zero-order valence-electron chi connectivity index (χ0n) is 19.7. The third-order valence-corrected chi connectivity index (χ3v) is 6.89. The summed E-state index contributed by atoms with van der Waals surface area (Å²) in [5.41, 5.74) is 3.21. The number of nitrogens with zero attached hydrogens (tertiary/aromatic N) is 5. The van der Waals surface area contributed by atoms with E-state index < -0.39 is 0 Å². The van der Waals surface area contributed by atoms with Crippen LogP contribution in [0.2, 0.25) is 0 Å². The highest BCUT2D eigenvalue weighted by Crippen LogP contribution is 2.28. The van der Waals surface area contributed by atoms with Crippen LogP contribution in [0.3, 0.4) is 0 Å². The molecule has 2 aliphatic rings. The first kappa shape index (κ1) is 22.5. The largest absolute Gasteiger partial charge is 0.342 e. The van der Waals surface area contributed by atoms with Crippen molar-refractivity contribution >= 4 is 22.9 Å². The number of pyridine rings is 1. The van der Waals surface area contributed by atoms with Gasteiger partial charge in [0.2, 0.25) is 5.91 Å². The lowest BCUT2D eigenvalue weighted by molar-refractivity contribution is -0.132. The molecular weight excluding hydrogens is 430 g/mol. The number of amides is 2. The number of aryl methyl sites for hydroxylation is 1. The summed E-state index contributed by atoms with van der Waals surface area (Å²) >= 11 is 0. The lowest BCUT2D eigenvalue weighted by Gasteiger charge is -2.35. The average molecular weight is 462 g/mol. The smallest absolute Gasteiger partial charge is 0.259 e. The summed E-state index contributed by atoms with van der Waals surface area (Å²) in [4.78, 5) is 37.0. The number of rotatable bonds is 4. The molecular formula is C26H31N5O3. The second kappa shape index (κ2) is 9.93. The van der Waals surface area contributed by atoms with Crippen LogP contribution in [0, 0.1) is 6.92 Å². The summed E-state index contributed by atoms with van der Waals surface area (Å²) in [7, 11) is 0. The van der Waals surface area contributed by atoms with Crippen molar-refractivity contribution in [1.29, 1.82) is 0 Å². The number of carbonyl (C=O) groups is 2. The number of hydrogen-bond donors (Lipinski definition) is 0. The fourth-order valence-corrected chi connectivity index (χ4v) is 4.91. The van der Waals surface area contributed by atoms with Gasteiger partial charge in [-0.1, -0.05) is 48.3 Å². The molecule has 5 rings (SSSR count). The minimum absolute atomic E-state index is 0.0469. The molecule has 1 aromatic carbocycles. The maximum atomic E-state index is 13.6. The van der Waals surface area contributed by atoms with Crippen LogP contribution in [0.1, 0.15) is 41.7 Å². The van der Waals surface area contributed by atoms with E-state index >= 15 is 0 Å². The molecule has 8 nitrogen and oxygen atoms in total. The first-order valence-corrected chi connectivity index (χ1v) is 12.2. The van der Waals surface area contributed by atoms with Crippen LogP contribution in [-0.2, 0) is 4.79 Å². The van der Waals surface area contributed by atoms with Crippen molar-refractivity contribution < 1.29 is 14.1 Å². The Kier molecular flexibility index (Phi) is 6.58. The van der Waals surface area contributed by atoms with Crippen molar-refractivity contribution in [3.63, 3.8) is 0 Å². The maximum Gasteiger partial charge on any atom is 0.259 e. The Morgan fingerprint density at radius 1 is 0.912 bits per heavy atom. The predicted molar refractivity (Wildman–Crippen MR) is 129 cm³/mol. The van der Waals surface area contributed by atoms with Gasteiger partial charge in [-0.05, 0) is 25.8 Å². The second-order valence-corrected chi connectivity index (χ2v) is 9.23. The van der Waals surface area contributed by atoms with Gasteiger partial charge >= 0.3 is 0 Å². The molecule has 0 unspecified atom stereocenters. The first-order valence-electron chi connectivity index (χ1n) is 12.2. The molecule has 2 amide bonds. The minimum Gasteiger partial charge on any atom is -0.342 e. The summed E-state index contributed by atoms with van der Waals surface area (Å²) in [5, 5.41) is 4.73. The summed E-state index contributed by atoms with van der Waals surface area (Å²) < 4.78 is 5.43. The van der Waals surface area contributed by atoms with Crippen LogP contribution in [0.25, 0.3) is 22.4 Å². The third kappa shape index (κ3) is 4.68. The van der Waals surface area contributed by atoms with Gasteiger partial charge in [0, 0.05) is 44.8 Å². The molecule has 0 saturated carbocycles. The van der Waals surface area contributed by atoms with E-state index in [9.17, 15) is 9.59 Å². The molecule has 0 atom stereocenters. The lowest BCUT2D eigenvalue weighted by Crippen LogP contribution is -2.51. The first-order chi connectivity index (χ1) is 16.6. The number of fused-ring (bicyclic) bond motifs is 1. The van der Waals surface area contributed by atoms with E-state index in [1.165, 1.54) is 12.8 Å². The predicted octanol–water partition coefficient (Wildman–Crippen LogP) is 3.36. The SMILES string of the molecule is Cc1noc2nc(-c3ccccc3)cc(C(=O)N3CCN(CC(=O)N4CCCCCC4)CC3)c12. The topological polar surface area (TPSA) is 82.8 Å². The molecule has 2 aliphatic heterocycles. The number of likely N-dealkylation sites (tertiary alicyclic amines) is 1. The standard InChI is InChI=1S/C26H31N5O3/c1-19-24-21(17-22(27-25(24)34-28-19)20-9-5-4-6-10-20)26(33)31-15-13-29(14-16-31)18-23(32)30-11-7-2-3-8-12-30/h4-6,9-10,17H,2-3,7-8,11-16,18H2,1H3. The molecule has 34 heavy (non-hydrogen) atoms. The number of piperazine rings is 1. The zero-order chi connectivity index (χ0) is 23.5. The van der Waals surface area contributed by atoms with E-state index in [2.05, 4.69) is 15.0 Å². The molecule has 2 fully saturated rings. The Labute approximate surface area is 199 Å². The molecule has 0 aliphatic carbocycles. The molecule has 178 valence electrons. The van der Waals surface area contributed by atoms with Gasteiger partial charge in [0.05, 0.1) is 28.9 Å². The molecule has 2 aromatic heterocycles. The third-order valence-electron chi connectivity index (χ3n) is 6.89. The quantitative estimate of drug-likeness (QED) is 0.593. The van der Waals surface area contributed by atoms with Crippen molar-refractivity contribution in [2.75, 3.05) is 45.8 Å². The van der Waals surface area contributed by atoms with Gasteiger partial charge in [0.25, 0.3) is 11.6 Å². The summed E-state index contributed by atoms with van der Waals surface area (Å²) in [6.45, 7) is 6.56. The highest BCUT2D eigenvalue weighted by Gasteiger charge is 2.28. The molecule has 0 spiro atoms. The van der Waals surface area contributed by atoms with E-state index in [4.69, 9.17) is 4.52 Å². The van der Waals surface area contributed by atoms with Crippen molar-refractivity contribution in [2.45, 2.75) is 32.6 Å². The molecule has 0 N–H and O–H groups in total. The van der Waals surface area contributed by atoms with Crippen molar-refractivity contribution in [3.05, 3.63) is 47.7 Å². The van der Waals surface area contributed by atoms with Crippen LogP contribution in [-0.4, -0.2) is 82.5 Å². The Balaban J connectivity index is 1.29. The van der Waals surface area contributed by atoms with Gasteiger partial charge in [0.1, 0.15) is 0 Å². The average Bonchev–Trinajstić information content (AvgIpc) is 3.07. The van der Waals surface area contributed by atoms with Crippen molar-refractivity contribution in [2.24, 2.45) is 0 Å². The summed E-state index contributed by atoms with van der Waals surface area (Å²) in [6, 6.07) is 11.6. The normalized spacial score (nSPS) is 17.7. The van der Waals surface area contributed by atoms with E-state index in [-0.39, 0.29) is 11.8 Å². The van der Waals surface area contributed by atoms with Crippen LogP contribution in [0.5, 0.6) is 0 Å². The second-order valence-electron chi connectivity index (χ2n) is 9.23. The number of benzene rings is 1. The van der Waals surface area contributed by atoms with Gasteiger partial charge in [0.15, 0.2) is 0 Å². The Bertz CT molecular complexity index is 1160. The van der Waals surface area contributed by atoms with Crippen molar-refractivity contribution in [3.8, 4) is 11.3 Å². The molecule has 0 bridgehead atoms. The van der Waals surface area contributed by atoms with E-state index in [0.717, 1.165) is 31.5 Å². The summed E-state index contributed by atoms with van der Waals surface area (Å²) in [6.07, 6.45) is 4.62. The highest BCUT2D eigenvalue weighted by molar-refractivity contribution is 6.07. The number of carbonyl (C=O) groups excluding carboxylic acids is 2. The van der Waals surface area contributed by atoms with Gasteiger partial charge in [-0.3, -0.25) is 14.5 Å². The zero-order valence-corrected chi connectivity index (χ0v) is 19.7. The minimum atomic E-state index is -0.0469. The lowest BCUT2D eigenvalue weighted by atomic mass is 10.0. The monoisotopic (exact) mass is 461 g/mol. The van der Waals surface area contributed by atoms with Crippen LogP contribution >= 0.6 is 0 Å². The Hall–Kier alpha value is -3.26. The van der Waals surface area contributed by atoms with E-state index in [1.807, 2.05) is 53.1 Å². The highest BCUT2D eigenvalue weighted by atomic mass is 16.5. The van der Waals surface area contributed by atoms with Crippen LogP contribution < -0.4 is 0 Å². The molecule has 8 heteroatoms. The van der Waals surface area contributed by atoms with Crippen LogP contribution in [0.4, 0.5) is 0 Å². The Morgan fingerprint density at radius 3 is 2.32 bits per heavy atom. The maximum absolute atomic E-state index is 13.6.